The van der Waals surface area contributed by atoms with E-state index in [1.165, 1.54) is 24.0 Å². The normalized spacial score (nSPS) is 14.7. The highest BCUT2D eigenvalue weighted by Gasteiger charge is 2.14. The summed E-state index contributed by atoms with van der Waals surface area (Å²) in [6.07, 6.45) is 2.38. The van der Waals surface area contributed by atoms with Gasteiger partial charge < -0.3 is 5.73 Å². The number of hydrogen-bond acceptors (Lipinski definition) is 1. The Morgan fingerprint density at radius 2 is 1.73 bits per heavy atom. The fraction of sp³-hybridized carbons (Fsp3) is 0.800. The monoisotopic (exact) mass is 155 g/mol. The molecule has 0 heterocycles. The predicted octanol–water partition coefficient (Wildman–Crippen LogP) is 2.86. The molecule has 0 aromatic heterocycles. The van der Waals surface area contributed by atoms with Crippen molar-refractivity contribution in [3.63, 3.8) is 0 Å². The zero-order chi connectivity index (χ0) is 9.07. The van der Waals surface area contributed by atoms with Gasteiger partial charge in [0.15, 0.2) is 0 Å². The first-order chi connectivity index (χ1) is 4.89. The molecule has 0 aliphatic heterocycles. The van der Waals surface area contributed by atoms with Crippen LogP contribution in [0.3, 0.4) is 0 Å². The van der Waals surface area contributed by atoms with Crippen LogP contribution in [0.2, 0.25) is 0 Å². The maximum absolute atomic E-state index is 5.95. The summed E-state index contributed by atoms with van der Waals surface area (Å²) in [5, 5.41) is 0. The second-order valence-corrected chi connectivity index (χ2v) is 3.88. The Morgan fingerprint density at radius 3 is 2.00 bits per heavy atom. The molecular weight excluding hydrogens is 134 g/mol. The summed E-state index contributed by atoms with van der Waals surface area (Å²) in [7, 11) is 0. The van der Waals surface area contributed by atoms with Crippen molar-refractivity contribution in [2.45, 2.75) is 53.0 Å². The average molecular weight is 155 g/mol. The molecule has 0 aromatic carbocycles. The molecule has 66 valence electrons. The maximum atomic E-state index is 5.95. The lowest BCUT2D eigenvalue weighted by atomic mass is 9.91. The lowest BCUT2D eigenvalue weighted by Crippen LogP contribution is -2.33. The largest absolute Gasteiger partial charge is 0.322 e. The van der Waals surface area contributed by atoms with Crippen LogP contribution in [0.15, 0.2) is 11.1 Å². The lowest BCUT2D eigenvalue weighted by Gasteiger charge is -2.22. The summed E-state index contributed by atoms with van der Waals surface area (Å²) < 4.78 is 0. The standard InChI is InChI=1S/C10H21N/c1-6-7-8(2)9(3)10(4,5)11/h6-7,11H2,1-5H3/b9-8+. The van der Waals surface area contributed by atoms with Gasteiger partial charge in [-0.05, 0) is 34.1 Å². The topological polar surface area (TPSA) is 26.0 Å². The summed E-state index contributed by atoms with van der Waals surface area (Å²) in [5.41, 5.74) is 8.59. The lowest BCUT2D eigenvalue weighted by molar-refractivity contribution is 0.599. The molecule has 0 spiro atoms. The van der Waals surface area contributed by atoms with Crippen LogP contribution in [0.1, 0.15) is 47.5 Å². The van der Waals surface area contributed by atoms with Gasteiger partial charge in [-0.25, -0.2) is 0 Å². The summed E-state index contributed by atoms with van der Waals surface area (Å²) in [5.74, 6) is 0. The van der Waals surface area contributed by atoms with Crippen molar-refractivity contribution in [1.29, 1.82) is 0 Å². The molecule has 0 saturated carbocycles. The number of hydrogen-bond donors (Lipinski definition) is 1. The molecular formula is C10H21N. The molecule has 1 heteroatoms. The van der Waals surface area contributed by atoms with Gasteiger partial charge in [-0.3, -0.25) is 0 Å². The molecule has 0 bridgehead atoms. The van der Waals surface area contributed by atoms with Crippen LogP contribution in [-0.4, -0.2) is 5.54 Å². The molecule has 11 heavy (non-hydrogen) atoms. The van der Waals surface area contributed by atoms with Crippen molar-refractivity contribution in [2.24, 2.45) is 5.73 Å². The second-order valence-electron chi connectivity index (χ2n) is 3.88. The van der Waals surface area contributed by atoms with Gasteiger partial charge in [0, 0.05) is 5.54 Å². The second kappa shape index (κ2) is 3.91. The third kappa shape index (κ3) is 3.57. The minimum absolute atomic E-state index is 0.140. The van der Waals surface area contributed by atoms with Crippen LogP contribution in [0.25, 0.3) is 0 Å². The highest BCUT2D eigenvalue weighted by atomic mass is 14.7. The van der Waals surface area contributed by atoms with Crippen molar-refractivity contribution in [3.05, 3.63) is 11.1 Å². The van der Waals surface area contributed by atoms with Gasteiger partial charge >= 0.3 is 0 Å². The van der Waals surface area contributed by atoms with Crippen LogP contribution < -0.4 is 5.73 Å². The molecule has 0 aliphatic carbocycles. The Bertz CT molecular complexity index is 149. The van der Waals surface area contributed by atoms with Crippen molar-refractivity contribution in [1.82, 2.24) is 0 Å². The van der Waals surface area contributed by atoms with E-state index in [1.807, 2.05) is 0 Å². The van der Waals surface area contributed by atoms with Gasteiger partial charge in [0.05, 0.1) is 0 Å². The third-order valence-corrected chi connectivity index (χ3v) is 2.23. The van der Waals surface area contributed by atoms with Gasteiger partial charge in [0.25, 0.3) is 0 Å². The molecule has 0 aromatic rings. The molecule has 0 atom stereocenters. The Hall–Kier alpha value is -0.300. The van der Waals surface area contributed by atoms with Crippen LogP contribution in [0.5, 0.6) is 0 Å². The van der Waals surface area contributed by atoms with Crippen LogP contribution in [0, 0.1) is 0 Å². The van der Waals surface area contributed by atoms with Gasteiger partial charge in [0.1, 0.15) is 0 Å². The summed E-state index contributed by atoms with van der Waals surface area (Å²) >= 11 is 0. The highest BCUT2D eigenvalue weighted by Crippen LogP contribution is 2.19. The Morgan fingerprint density at radius 1 is 1.27 bits per heavy atom. The van der Waals surface area contributed by atoms with E-state index in [2.05, 4.69) is 34.6 Å². The van der Waals surface area contributed by atoms with Crippen molar-refractivity contribution in [2.75, 3.05) is 0 Å². The van der Waals surface area contributed by atoms with E-state index in [0.717, 1.165) is 0 Å². The molecule has 0 radical (unpaired) electrons. The average Bonchev–Trinajstić information content (AvgIpc) is 1.85. The van der Waals surface area contributed by atoms with E-state index < -0.39 is 0 Å². The minimum Gasteiger partial charge on any atom is -0.322 e. The van der Waals surface area contributed by atoms with E-state index in [-0.39, 0.29) is 5.54 Å². The van der Waals surface area contributed by atoms with E-state index in [0.29, 0.717) is 0 Å². The van der Waals surface area contributed by atoms with Gasteiger partial charge in [0.2, 0.25) is 0 Å². The molecule has 0 aliphatic rings. The molecule has 0 saturated heterocycles. The minimum atomic E-state index is -0.140. The zero-order valence-corrected chi connectivity index (χ0v) is 8.49. The first-order valence-electron chi connectivity index (χ1n) is 4.35. The fourth-order valence-electron chi connectivity index (χ4n) is 1.11. The molecule has 2 N–H and O–H groups in total. The van der Waals surface area contributed by atoms with Gasteiger partial charge in [-0.1, -0.05) is 24.5 Å². The Kier molecular flexibility index (Phi) is 3.81. The molecule has 0 amide bonds. The zero-order valence-electron chi connectivity index (χ0n) is 8.49. The van der Waals surface area contributed by atoms with Gasteiger partial charge in [-0.15, -0.1) is 0 Å². The smallest absolute Gasteiger partial charge is 0.0311 e. The summed E-state index contributed by atoms with van der Waals surface area (Å²) in [6.45, 7) is 10.6. The van der Waals surface area contributed by atoms with E-state index in [9.17, 15) is 0 Å². The Labute approximate surface area is 70.7 Å². The van der Waals surface area contributed by atoms with Gasteiger partial charge in [-0.2, -0.15) is 0 Å². The highest BCUT2D eigenvalue weighted by molar-refractivity contribution is 5.20. The molecule has 0 fully saturated rings. The van der Waals surface area contributed by atoms with Crippen molar-refractivity contribution < 1.29 is 0 Å². The fourth-order valence-corrected chi connectivity index (χ4v) is 1.11. The van der Waals surface area contributed by atoms with Crippen LogP contribution >= 0.6 is 0 Å². The maximum Gasteiger partial charge on any atom is 0.0311 e. The SMILES string of the molecule is CCC/C(C)=C(\C)C(C)(C)N. The predicted molar refractivity (Wildman–Crippen MR) is 51.5 cm³/mol. The molecule has 0 unspecified atom stereocenters. The summed E-state index contributed by atoms with van der Waals surface area (Å²) in [4.78, 5) is 0. The third-order valence-electron chi connectivity index (χ3n) is 2.23. The van der Waals surface area contributed by atoms with Crippen molar-refractivity contribution >= 4 is 0 Å². The van der Waals surface area contributed by atoms with Crippen LogP contribution in [0.4, 0.5) is 0 Å². The molecule has 0 rings (SSSR count). The quantitative estimate of drug-likeness (QED) is 0.623. The molecule has 1 nitrogen and oxygen atoms in total. The first kappa shape index (κ1) is 10.7. The first-order valence-corrected chi connectivity index (χ1v) is 4.35. The van der Waals surface area contributed by atoms with E-state index in [1.54, 1.807) is 0 Å². The van der Waals surface area contributed by atoms with E-state index in [4.69, 9.17) is 5.73 Å². The Balaban J connectivity index is 4.39. The number of rotatable bonds is 3. The van der Waals surface area contributed by atoms with Crippen molar-refractivity contribution in [3.8, 4) is 0 Å². The van der Waals surface area contributed by atoms with Crippen LogP contribution in [-0.2, 0) is 0 Å². The number of nitrogens with two attached hydrogens (primary N) is 1. The summed E-state index contributed by atoms with van der Waals surface area (Å²) in [6, 6.07) is 0. The number of allylic oxidation sites excluding steroid dienone is 1. The van der Waals surface area contributed by atoms with E-state index >= 15 is 0 Å².